The summed E-state index contributed by atoms with van der Waals surface area (Å²) in [5.74, 6) is 6.25. The molecule has 1 aromatic heterocycles. The topological polar surface area (TPSA) is 25.2 Å². The third kappa shape index (κ3) is 2.05. The Kier molecular flexibility index (Phi) is 2.95. The van der Waals surface area contributed by atoms with Crippen molar-refractivity contribution in [2.24, 2.45) is 29.6 Å². The molecule has 0 aliphatic heterocycles. The first kappa shape index (κ1) is 12.0. The Morgan fingerprint density at radius 2 is 1.84 bits per heavy atom. The number of nitrogens with one attached hydrogen (secondary N) is 1. The zero-order chi connectivity index (χ0) is 12.8. The van der Waals surface area contributed by atoms with Gasteiger partial charge in [-0.1, -0.05) is 0 Å². The Hall–Kier alpha value is -0.760. The standard InChI is InChI=1S/C17H25NO/c1-18-16(17-3-2-4-19-17)10-15-13-6-11-5-12(8-13)9-14(15)7-11/h2-4,11-16,18H,5-10H2,1H3. The Morgan fingerprint density at radius 1 is 1.16 bits per heavy atom. The predicted molar refractivity (Wildman–Crippen MR) is 75.7 cm³/mol. The summed E-state index contributed by atoms with van der Waals surface area (Å²) in [6, 6.07) is 4.55. The molecule has 0 amide bonds. The van der Waals surface area contributed by atoms with Crippen molar-refractivity contribution in [1.29, 1.82) is 0 Å². The molecule has 4 fully saturated rings. The van der Waals surface area contributed by atoms with E-state index in [0.29, 0.717) is 6.04 Å². The molecule has 1 unspecified atom stereocenters. The van der Waals surface area contributed by atoms with Crippen LogP contribution in [0.15, 0.2) is 22.8 Å². The van der Waals surface area contributed by atoms with Crippen LogP contribution in [0.3, 0.4) is 0 Å². The van der Waals surface area contributed by atoms with Crippen LogP contribution in [0, 0.1) is 29.6 Å². The van der Waals surface area contributed by atoms with Gasteiger partial charge in [-0.15, -0.1) is 0 Å². The maximum atomic E-state index is 5.62. The SMILES string of the molecule is CNC(CC1C2CC3CC(C2)CC1C3)c1ccco1. The minimum absolute atomic E-state index is 0.414. The highest BCUT2D eigenvalue weighted by Crippen LogP contribution is 2.58. The molecule has 4 bridgehead atoms. The van der Waals surface area contributed by atoms with Gasteiger partial charge in [0.1, 0.15) is 5.76 Å². The van der Waals surface area contributed by atoms with E-state index in [-0.39, 0.29) is 0 Å². The van der Waals surface area contributed by atoms with E-state index in [9.17, 15) is 0 Å². The number of hydrogen-bond acceptors (Lipinski definition) is 2. The Labute approximate surface area is 116 Å². The summed E-state index contributed by atoms with van der Waals surface area (Å²) in [4.78, 5) is 0. The van der Waals surface area contributed by atoms with Crippen molar-refractivity contribution < 1.29 is 4.42 Å². The predicted octanol–water partition coefficient (Wildman–Crippen LogP) is 4.00. The molecule has 5 rings (SSSR count). The zero-order valence-electron chi connectivity index (χ0n) is 11.8. The molecule has 104 valence electrons. The molecule has 1 atom stereocenters. The lowest BCUT2D eigenvalue weighted by atomic mass is 9.51. The Balaban J connectivity index is 1.50. The largest absolute Gasteiger partial charge is 0.468 e. The summed E-state index contributed by atoms with van der Waals surface area (Å²) in [6.45, 7) is 0. The summed E-state index contributed by atoms with van der Waals surface area (Å²) in [7, 11) is 2.07. The minimum atomic E-state index is 0.414. The fourth-order valence-corrected chi connectivity index (χ4v) is 5.56. The van der Waals surface area contributed by atoms with Gasteiger partial charge in [0.2, 0.25) is 0 Å². The van der Waals surface area contributed by atoms with E-state index < -0.39 is 0 Å². The van der Waals surface area contributed by atoms with Gasteiger partial charge in [-0.2, -0.15) is 0 Å². The van der Waals surface area contributed by atoms with Crippen LogP contribution in [0.1, 0.15) is 50.3 Å². The van der Waals surface area contributed by atoms with E-state index in [1.54, 1.807) is 12.7 Å². The highest BCUT2D eigenvalue weighted by molar-refractivity contribution is 5.06. The van der Waals surface area contributed by atoms with E-state index in [2.05, 4.69) is 18.4 Å². The van der Waals surface area contributed by atoms with Crippen LogP contribution >= 0.6 is 0 Å². The lowest BCUT2D eigenvalue weighted by Crippen LogP contribution is -2.46. The lowest BCUT2D eigenvalue weighted by molar-refractivity contribution is -0.0438. The molecule has 19 heavy (non-hydrogen) atoms. The highest BCUT2D eigenvalue weighted by Gasteiger charge is 2.48. The monoisotopic (exact) mass is 259 g/mol. The molecule has 2 nitrogen and oxygen atoms in total. The molecule has 4 aliphatic carbocycles. The second kappa shape index (κ2) is 4.66. The second-order valence-corrected chi connectivity index (χ2v) is 7.19. The van der Waals surface area contributed by atoms with Crippen LogP contribution in [0.4, 0.5) is 0 Å². The molecular formula is C17H25NO. The van der Waals surface area contributed by atoms with E-state index in [1.165, 1.54) is 32.1 Å². The maximum Gasteiger partial charge on any atom is 0.120 e. The van der Waals surface area contributed by atoms with E-state index in [0.717, 1.165) is 35.3 Å². The first-order valence-electron chi connectivity index (χ1n) is 8.04. The van der Waals surface area contributed by atoms with Crippen molar-refractivity contribution in [3.05, 3.63) is 24.2 Å². The summed E-state index contributed by atoms with van der Waals surface area (Å²) in [5.41, 5.74) is 0. The summed E-state index contributed by atoms with van der Waals surface area (Å²) in [6.07, 6.45) is 10.7. The van der Waals surface area contributed by atoms with Crippen LogP contribution in [0.2, 0.25) is 0 Å². The lowest BCUT2D eigenvalue weighted by Gasteiger charge is -2.55. The van der Waals surface area contributed by atoms with Gasteiger partial charge in [-0.25, -0.2) is 0 Å². The van der Waals surface area contributed by atoms with Crippen LogP contribution in [0.5, 0.6) is 0 Å². The molecule has 0 aromatic carbocycles. The van der Waals surface area contributed by atoms with Gasteiger partial charge in [0.15, 0.2) is 0 Å². The van der Waals surface area contributed by atoms with Gasteiger partial charge in [0.05, 0.1) is 12.3 Å². The maximum absolute atomic E-state index is 5.62. The highest BCUT2D eigenvalue weighted by atomic mass is 16.3. The van der Waals surface area contributed by atoms with E-state index in [4.69, 9.17) is 4.42 Å². The number of rotatable bonds is 4. The molecule has 2 heteroatoms. The number of furan rings is 1. The van der Waals surface area contributed by atoms with Crippen molar-refractivity contribution in [3.63, 3.8) is 0 Å². The van der Waals surface area contributed by atoms with Gasteiger partial charge < -0.3 is 9.73 Å². The van der Waals surface area contributed by atoms with Gasteiger partial charge in [-0.3, -0.25) is 0 Å². The summed E-state index contributed by atoms with van der Waals surface area (Å²) in [5, 5.41) is 3.47. The average Bonchev–Trinajstić information content (AvgIpc) is 2.91. The first-order valence-corrected chi connectivity index (χ1v) is 8.04. The molecule has 0 radical (unpaired) electrons. The molecule has 0 spiro atoms. The van der Waals surface area contributed by atoms with Crippen molar-refractivity contribution in [2.75, 3.05) is 7.05 Å². The molecule has 1 heterocycles. The molecule has 4 aliphatic rings. The average molecular weight is 259 g/mol. The molecule has 0 saturated heterocycles. The van der Waals surface area contributed by atoms with Gasteiger partial charge in [-0.05, 0) is 87.3 Å². The van der Waals surface area contributed by atoms with E-state index >= 15 is 0 Å². The van der Waals surface area contributed by atoms with Gasteiger partial charge in [0, 0.05) is 0 Å². The van der Waals surface area contributed by atoms with Crippen LogP contribution < -0.4 is 5.32 Å². The number of hydrogen-bond donors (Lipinski definition) is 1. The fourth-order valence-electron chi connectivity index (χ4n) is 5.56. The van der Waals surface area contributed by atoms with E-state index in [1.807, 2.05) is 6.07 Å². The fraction of sp³-hybridized carbons (Fsp3) is 0.765. The van der Waals surface area contributed by atoms with Crippen molar-refractivity contribution in [3.8, 4) is 0 Å². The first-order chi connectivity index (χ1) is 9.33. The van der Waals surface area contributed by atoms with Crippen molar-refractivity contribution in [2.45, 2.75) is 44.6 Å². The quantitative estimate of drug-likeness (QED) is 0.884. The minimum Gasteiger partial charge on any atom is -0.468 e. The van der Waals surface area contributed by atoms with Crippen molar-refractivity contribution >= 4 is 0 Å². The Morgan fingerprint density at radius 3 is 2.37 bits per heavy atom. The summed E-state index contributed by atoms with van der Waals surface area (Å²) >= 11 is 0. The second-order valence-electron chi connectivity index (χ2n) is 7.19. The summed E-state index contributed by atoms with van der Waals surface area (Å²) < 4.78 is 5.62. The zero-order valence-corrected chi connectivity index (χ0v) is 11.8. The molecular weight excluding hydrogens is 234 g/mol. The third-order valence-electron chi connectivity index (χ3n) is 6.16. The normalized spacial score (nSPS) is 41.6. The van der Waals surface area contributed by atoms with Gasteiger partial charge in [0.25, 0.3) is 0 Å². The van der Waals surface area contributed by atoms with Crippen LogP contribution in [-0.4, -0.2) is 7.05 Å². The molecule has 4 saturated carbocycles. The van der Waals surface area contributed by atoms with Gasteiger partial charge >= 0.3 is 0 Å². The Bertz CT molecular complexity index is 396. The van der Waals surface area contributed by atoms with Crippen molar-refractivity contribution in [1.82, 2.24) is 5.32 Å². The third-order valence-corrected chi connectivity index (χ3v) is 6.16. The van der Waals surface area contributed by atoms with Crippen LogP contribution in [0.25, 0.3) is 0 Å². The smallest absolute Gasteiger partial charge is 0.120 e. The molecule has 1 N–H and O–H groups in total. The molecule has 1 aromatic rings. The van der Waals surface area contributed by atoms with Crippen LogP contribution in [-0.2, 0) is 0 Å².